The van der Waals surface area contributed by atoms with Crippen molar-refractivity contribution in [3.8, 4) is 5.75 Å². The molecule has 0 radical (unpaired) electrons. The number of carbonyl (C=O) groups is 1. The van der Waals surface area contributed by atoms with E-state index in [0.29, 0.717) is 12.3 Å². The van der Waals surface area contributed by atoms with Crippen molar-refractivity contribution in [2.45, 2.75) is 25.7 Å². The number of rotatable bonds is 7. The van der Waals surface area contributed by atoms with E-state index in [4.69, 9.17) is 4.74 Å². The summed E-state index contributed by atoms with van der Waals surface area (Å²) in [5.74, 6) is 0.413. The van der Waals surface area contributed by atoms with Gasteiger partial charge in [0.25, 0.3) is 5.91 Å². The summed E-state index contributed by atoms with van der Waals surface area (Å²) in [6.07, 6.45) is -0.613. The van der Waals surface area contributed by atoms with Gasteiger partial charge in [0, 0.05) is 45.8 Å². The summed E-state index contributed by atoms with van der Waals surface area (Å²) in [6, 6.07) is 14.1. The summed E-state index contributed by atoms with van der Waals surface area (Å²) in [6.45, 7) is 3.15. The Bertz CT molecular complexity index is 832. The maximum absolute atomic E-state index is 12.1. The van der Waals surface area contributed by atoms with Crippen LogP contribution < -0.4 is 20.5 Å². The number of aliphatic hydroxyl groups excluding tert-OH is 1. The van der Waals surface area contributed by atoms with Gasteiger partial charge in [-0.2, -0.15) is 0 Å². The van der Waals surface area contributed by atoms with Gasteiger partial charge in [-0.15, -0.1) is 0 Å². The number of hydrogen-bond acceptors (Lipinski definition) is 6. The molecule has 0 unspecified atom stereocenters. The Morgan fingerprint density at radius 3 is 2.71 bits per heavy atom. The Balaban J connectivity index is 1.18. The Kier molecular flexibility index (Phi) is 5.47. The van der Waals surface area contributed by atoms with E-state index in [-0.39, 0.29) is 19.1 Å². The van der Waals surface area contributed by atoms with Crippen LogP contribution in [0.4, 0.5) is 5.69 Å². The average molecular weight is 382 g/mol. The zero-order valence-corrected chi connectivity index (χ0v) is 16.0. The van der Waals surface area contributed by atoms with E-state index in [1.165, 1.54) is 16.7 Å². The summed E-state index contributed by atoms with van der Waals surface area (Å²) in [4.78, 5) is 14.2. The fraction of sp³-hybridized carbons (Fsp3) is 0.381. The van der Waals surface area contributed by atoms with Crippen LogP contribution in [0.1, 0.15) is 16.7 Å². The van der Waals surface area contributed by atoms with Crippen LogP contribution in [-0.2, 0) is 24.4 Å². The monoisotopic (exact) mass is 382 g/mol. The van der Waals surface area contributed by atoms with E-state index in [1.807, 2.05) is 42.4 Å². The number of fused-ring (bicyclic) bond motifs is 2. The van der Waals surface area contributed by atoms with Crippen LogP contribution in [0.25, 0.3) is 0 Å². The summed E-state index contributed by atoms with van der Waals surface area (Å²) >= 11 is 0. The number of aliphatic hydroxyl groups is 1. The van der Waals surface area contributed by atoms with Crippen molar-refractivity contribution in [2.24, 2.45) is 0 Å². The Morgan fingerprint density at radius 1 is 1.21 bits per heavy atom. The lowest BCUT2D eigenvalue weighted by atomic mass is 10.1. The molecule has 2 aromatic carbocycles. The highest BCUT2D eigenvalue weighted by molar-refractivity contribution is 5.77. The molecule has 28 heavy (non-hydrogen) atoms. The number of nitrogens with one attached hydrogen (secondary N) is 2. The molecule has 0 aliphatic carbocycles. The topological polar surface area (TPSA) is 77.1 Å². The molecule has 7 nitrogen and oxygen atoms in total. The first-order chi connectivity index (χ1) is 13.6. The summed E-state index contributed by atoms with van der Waals surface area (Å²) in [5, 5.41) is 14.9. The molecule has 0 saturated carbocycles. The molecule has 0 bridgehead atoms. The molecule has 0 spiro atoms. The van der Waals surface area contributed by atoms with E-state index in [2.05, 4.69) is 27.8 Å². The van der Waals surface area contributed by atoms with Crippen LogP contribution in [-0.4, -0.2) is 48.8 Å². The number of benzene rings is 2. The third-order valence-corrected chi connectivity index (χ3v) is 5.20. The van der Waals surface area contributed by atoms with E-state index in [9.17, 15) is 9.90 Å². The molecular formula is C21H26N4O3. The molecule has 4 rings (SSSR count). The van der Waals surface area contributed by atoms with E-state index >= 15 is 0 Å². The zero-order chi connectivity index (χ0) is 19.5. The third kappa shape index (κ3) is 4.27. The van der Waals surface area contributed by atoms with Crippen molar-refractivity contribution in [1.29, 1.82) is 0 Å². The molecule has 3 N–H and O–H groups in total. The van der Waals surface area contributed by atoms with Crippen molar-refractivity contribution in [2.75, 3.05) is 31.8 Å². The summed E-state index contributed by atoms with van der Waals surface area (Å²) in [5.41, 5.74) is 8.08. The number of carbonyl (C=O) groups excluding carboxylic acids is 1. The van der Waals surface area contributed by atoms with E-state index in [0.717, 1.165) is 25.3 Å². The molecule has 148 valence electrons. The molecule has 2 aliphatic heterocycles. The Labute approximate surface area is 164 Å². The lowest BCUT2D eigenvalue weighted by Gasteiger charge is -2.19. The smallest absolute Gasteiger partial charge is 0.258 e. The number of anilines is 1. The Hall–Kier alpha value is -2.61. The van der Waals surface area contributed by atoms with Crippen molar-refractivity contribution >= 4 is 11.6 Å². The van der Waals surface area contributed by atoms with Crippen molar-refractivity contribution in [3.05, 3.63) is 59.2 Å². The molecule has 2 aliphatic rings. The quantitative estimate of drug-likeness (QED) is 0.664. The first kappa shape index (κ1) is 18.7. The second kappa shape index (κ2) is 8.18. The largest absolute Gasteiger partial charge is 0.484 e. The van der Waals surface area contributed by atoms with Crippen molar-refractivity contribution in [1.82, 2.24) is 15.6 Å². The molecule has 2 aromatic rings. The third-order valence-electron chi connectivity index (χ3n) is 5.20. The molecule has 7 heteroatoms. The van der Waals surface area contributed by atoms with Gasteiger partial charge in [0.1, 0.15) is 5.75 Å². The molecule has 0 fully saturated rings. The van der Waals surface area contributed by atoms with Gasteiger partial charge in [0.15, 0.2) is 6.61 Å². The first-order valence-electron chi connectivity index (χ1n) is 9.55. The minimum Gasteiger partial charge on any atom is -0.484 e. The fourth-order valence-electron chi connectivity index (χ4n) is 3.71. The maximum Gasteiger partial charge on any atom is 0.258 e. The number of hydrogen-bond donors (Lipinski definition) is 3. The van der Waals surface area contributed by atoms with Gasteiger partial charge >= 0.3 is 0 Å². The van der Waals surface area contributed by atoms with E-state index < -0.39 is 6.10 Å². The van der Waals surface area contributed by atoms with Gasteiger partial charge in [-0.3, -0.25) is 9.69 Å². The number of hydrazine groups is 1. The molecule has 1 amide bonds. The minimum absolute atomic E-state index is 0.0716. The van der Waals surface area contributed by atoms with Crippen LogP contribution >= 0.6 is 0 Å². The highest BCUT2D eigenvalue weighted by atomic mass is 16.5. The predicted octanol–water partition coefficient (Wildman–Crippen LogP) is 1.01. The molecule has 2 heterocycles. The lowest BCUT2D eigenvalue weighted by Crippen LogP contribution is -2.40. The van der Waals surface area contributed by atoms with Gasteiger partial charge in [0.05, 0.1) is 11.8 Å². The van der Waals surface area contributed by atoms with Crippen molar-refractivity contribution in [3.63, 3.8) is 0 Å². The van der Waals surface area contributed by atoms with Crippen LogP contribution in [0.15, 0.2) is 42.5 Å². The maximum atomic E-state index is 12.1. The number of ether oxygens (including phenoxy) is 1. The fourth-order valence-corrected chi connectivity index (χ4v) is 3.71. The second-order valence-corrected chi connectivity index (χ2v) is 7.37. The standard InChI is InChI=1S/C21H26N4O3/c1-24-20-8-19(7-6-15(20)9-23-24)28-14-21(27)22-10-18(26)13-25-11-16-4-2-3-5-17(16)12-25/h2-8,18,23,26H,9-14H2,1H3,(H,22,27)/t18-/m0/s1. The number of amides is 1. The average Bonchev–Trinajstić information content (AvgIpc) is 3.27. The minimum atomic E-state index is -0.613. The van der Waals surface area contributed by atoms with Gasteiger partial charge in [-0.1, -0.05) is 30.3 Å². The van der Waals surface area contributed by atoms with E-state index in [1.54, 1.807) is 0 Å². The molecule has 1 atom stereocenters. The Morgan fingerprint density at radius 2 is 1.96 bits per heavy atom. The zero-order valence-electron chi connectivity index (χ0n) is 16.0. The number of β-amino-alcohol motifs (C(OH)–C–C–N with tert-alkyl or cyclic N) is 1. The van der Waals surface area contributed by atoms with Gasteiger partial charge in [-0.25, -0.2) is 5.43 Å². The summed E-state index contributed by atoms with van der Waals surface area (Å²) < 4.78 is 5.59. The summed E-state index contributed by atoms with van der Waals surface area (Å²) in [7, 11) is 1.95. The SMILES string of the molecule is CN1NCc2ccc(OCC(=O)NC[C@H](O)CN3Cc4ccccc4C3)cc21. The van der Waals surface area contributed by atoms with Crippen molar-refractivity contribution < 1.29 is 14.6 Å². The molecule has 0 aromatic heterocycles. The number of nitrogens with zero attached hydrogens (tertiary/aromatic N) is 2. The highest BCUT2D eigenvalue weighted by Crippen LogP contribution is 2.28. The van der Waals surface area contributed by atoms with Crippen LogP contribution in [0.2, 0.25) is 0 Å². The molecule has 0 saturated heterocycles. The lowest BCUT2D eigenvalue weighted by molar-refractivity contribution is -0.123. The van der Waals surface area contributed by atoms with Crippen LogP contribution in [0.3, 0.4) is 0 Å². The highest BCUT2D eigenvalue weighted by Gasteiger charge is 2.21. The second-order valence-electron chi connectivity index (χ2n) is 7.37. The van der Waals surface area contributed by atoms with Gasteiger partial charge < -0.3 is 20.2 Å². The van der Waals surface area contributed by atoms with Crippen LogP contribution in [0, 0.1) is 0 Å². The van der Waals surface area contributed by atoms with Gasteiger partial charge in [0.2, 0.25) is 0 Å². The predicted molar refractivity (Wildman–Crippen MR) is 107 cm³/mol. The van der Waals surface area contributed by atoms with Gasteiger partial charge in [-0.05, 0) is 22.8 Å². The molecular weight excluding hydrogens is 356 g/mol. The van der Waals surface area contributed by atoms with Crippen LogP contribution in [0.5, 0.6) is 5.75 Å². The normalized spacial score (nSPS) is 16.6. The first-order valence-corrected chi connectivity index (χ1v) is 9.55.